The van der Waals surface area contributed by atoms with Gasteiger partial charge in [-0.3, -0.25) is 19.6 Å². The van der Waals surface area contributed by atoms with Crippen LogP contribution in [0, 0.1) is 17.0 Å². The number of nitrogens with zero attached hydrogens (tertiary/aromatic N) is 3. The van der Waals surface area contributed by atoms with Gasteiger partial charge >= 0.3 is 5.69 Å². The van der Waals surface area contributed by atoms with Crippen LogP contribution in [0.15, 0.2) is 6.20 Å². The van der Waals surface area contributed by atoms with Gasteiger partial charge in [0.1, 0.15) is 11.9 Å². The molecule has 1 aliphatic heterocycles. The Morgan fingerprint density at radius 1 is 1.70 bits per heavy atom. The van der Waals surface area contributed by atoms with Crippen molar-refractivity contribution >= 4 is 11.6 Å². The minimum atomic E-state index is -0.476. The molecule has 2 rings (SSSR count). The summed E-state index contributed by atoms with van der Waals surface area (Å²) in [6.07, 6.45) is 3.58. The molecule has 1 atom stereocenters. The van der Waals surface area contributed by atoms with Gasteiger partial charge in [-0.1, -0.05) is 0 Å². The predicted octanol–water partition coefficient (Wildman–Crippen LogP) is 0.785. The first-order valence-electron chi connectivity index (χ1n) is 6.63. The van der Waals surface area contributed by atoms with E-state index in [1.54, 1.807) is 6.92 Å². The number of amides is 1. The highest BCUT2D eigenvalue weighted by Gasteiger charge is 2.18. The second kappa shape index (κ2) is 6.47. The number of nitro groups is 1. The smallest absolute Gasteiger partial charge is 0.309 e. The molecular weight excluding hydrogens is 264 g/mol. The lowest BCUT2D eigenvalue weighted by atomic mass is 10.2. The summed E-state index contributed by atoms with van der Waals surface area (Å²) in [5, 5.41) is 17.4. The normalized spacial score (nSPS) is 18.1. The van der Waals surface area contributed by atoms with Crippen LogP contribution in [0.2, 0.25) is 0 Å². The summed E-state index contributed by atoms with van der Waals surface area (Å²) in [7, 11) is 0. The second-order valence-electron chi connectivity index (χ2n) is 4.78. The Morgan fingerprint density at radius 3 is 3.10 bits per heavy atom. The van der Waals surface area contributed by atoms with Crippen LogP contribution in [-0.2, 0) is 16.1 Å². The summed E-state index contributed by atoms with van der Waals surface area (Å²) < 4.78 is 6.88. The standard InChI is InChI=1S/C12H18N4O4/c1-9-11(16(18)19)8-14-15(9)5-4-12(17)13-7-10-3-2-6-20-10/h8,10H,2-7H2,1H3,(H,13,17)/t10-/m0/s1. The summed E-state index contributed by atoms with van der Waals surface area (Å²) >= 11 is 0. The average Bonchev–Trinajstić information content (AvgIpc) is 3.03. The van der Waals surface area contributed by atoms with E-state index in [-0.39, 0.29) is 24.1 Å². The third kappa shape index (κ3) is 3.53. The monoisotopic (exact) mass is 282 g/mol. The van der Waals surface area contributed by atoms with Crippen molar-refractivity contribution in [1.82, 2.24) is 15.1 Å². The second-order valence-corrected chi connectivity index (χ2v) is 4.78. The zero-order valence-electron chi connectivity index (χ0n) is 11.4. The zero-order valence-corrected chi connectivity index (χ0v) is 11.4. The molecule has 1 fully saturated rings. The Labute approximate surface area is 116 Å². The lowest BCUT2D eigenvalue weighted by molar-refractivity contribution is -0.385. The van der Waals surface area contributed by atoms with Crippen molar-refractivity contribution in [1.29, 1.82) is 0 Å². The molecule has 0 radical (unpaired) electrons. The highest BCUT2D eigenvalue weighted by atomic mass is 16.6. The van der Waals surface area contributed by atoms with E-state index < -0.39 is 4.92 Å². The summed E-state index contributed by atoms with van der Waals surface area (Å²) in [6.45, 7) is 3.24. The first-order chi connectivity index (χ1) is 9.58. The van der Waals surface area contributed by atoms with Gasteiger partial charge in [0.05, 0.1) is 17.6 Å². The van der Waals surface area contributed by atoms with E-state index in [0.29, 0.717) is 18.8 Å². The molecule has 0 unspecified atom stereocenters. The summed E-state index contributed by atoms with van der Waals surface area (Å²) in [4.78, 5) is 21.9. The van der Waals surface area contributed by atoms with Gasteiger partial charge in [-0.2, -0.15) is 5.10 Å². The third-order valence-electron chi connectivity index (χ3n) is 3.38. The van der Waals surface area contributed by atoms with Gasteiger partial charge < -0.3 is 10.1 Å². The molecular formula is C12H18N4O4. The number of ether oxygens (including phenoxy) is 1. The summed E-state index contributed by atoms with van der Waals surface area (Å²) in [5.41, 5.74) is 0.437. The SMILES string of the molecule is Cc1c([N+](=O)[O-])cnn1CCC(=O)NC[C@@H]1CCCO1. The number of hydrogen-bond donors (Lipinski definition) is 1. The summed E-state index contributed by atoms with van der Waals surface area (Å²) in [5.74, 6) is -0.0990. The fourth-order valence-corrected chi connectivity index (χ4v) is 2.17. The van der Waals surface area contributed by atoms with Crippen LogP contribution in [-0.4, -0.2) is 39.9 Å². The van der Waals surface area contributed by atoms with Crippen LogP contribution in [0.1, 0.15) is 25.0 Å². The molecule has 8 heteroatoms. The molecule has 110 valence electrons. The molecule has 1 aromatic heterocycles. The van der Waals surface area contributed by atoms with E-state index in [4.69, 9.17) is 4.74 Å². The van der Waals surface area contributed by atoms with Crippen LogP contribution >= 0.6 is 0 Å². The fraction of sp³-hybridized carbons (Fsp3) is 0.667. The van der Waals surface area contributed by atoms with Crippen molar-refractivity contribution in [2.75, 3.05) is 13.2 Å². The molecule has 0 aromatic carbocycles. The van der Waals surface area contributed by atoms with E-state index in [9.17, 15) is 14.9 Å². The lowest BCUT2D eigenvalue weighted by Crippen LogP contribution is -2.32. The number of rotatable bonds is 6. The van der Waals surface area contributed by atoms with E-state index in [1.807, 2.05) is 0 Å². The number of nitrogens with one attached hydrogen (secondary N) is 1. The van der Waals surface area contributed by atoms with Crippen molar-refractivity contribution in [3.8, 4) is 0 Å². The molecule has 1 saturated heterocycles. The molecule has 0 aliphatic carbocycles. The predicted molar refractivity (Wildman–Crippen MR) is 70.2 cm³/mol. The van der Waals surface area contributed by atoms with E-state index in [1.165, 1.54) is 10.9 Å². The Kier molecular flexibility index (Phi) is 4.67. The highest BCUT2D eigenvalue weighted by molar-refractivity contribution is 5.75. The minimum absolute atomic E-state index is 0.0234. The van der Waals surface area contributed by atoms with Crippen molar-refractivity contribution in [2.45, 2.75) is 38.8 Å². The zero-order chi connectivity index (χ0) is 14.5. The van der Waals surface area contributed by atoms with Crippen LogP contribution in [0.4, 0.5) is 5.69 Å². The molecule has 1 amide bonds. The average molecular weight is 282 g/mol. The molecule has 8 nitrogen and oxygen atoms in total. The van der Waals surface area contributed by atoms with E-state index >= 15 is 0 Å². The maximum absolute atomic E-state index is 11.7. The summed E-state index contributed by atoms with van der Waals surface area (Å²) in [6, 6.07) is 0. The molecule has 20 heavy (non-hydrogen) atoms. The first kappa shape index (κ1) is 14.4. The number of aryl methyl sites for hydroxylation is 1. The molecule has 1 aromatic rings. The van der Waals surface area contributed by atoms with Gasteiger partial charge in [0.2, 0.25) is 5.91 Å². The molecule has 1 aliphatic rings. The van der Waals surface area contributed by atoms with Gasteiger partial charge in [-0.05, 0) is 19.8 Å². The third-order valence-corrected chi connectivity index (χ3v) is 3.38. The van der Waals surface area contributed by atoms with Gasteiger partial charge in [0, 0.05) is 19.6 Å². The Hall–Kier alpha value is -1.96. The Bertz CT molecular complexity index is 494. The van der Waals surface area contributed by atoms with Crippen molar-refractivity contribution < 1.29 is 14.5 Å². The minimum Gasteiger partial charge on any atom is -0.376 e. The van der Waals surface area contributed by atoms with Gasteiger partial charge in [0.15, 0.2) is 0 Å². The largest absolute Gasteiger partial charge is 0.376 e. The molecule has 0 bridgehead atoms. The fourth-order valence-electron chi connectivity index (χ4n) is 2.17. The number of hydrogen-bond acceptors (Lipinski definition) is 5. The van der Waals surface area contributed by atoms with Crippen molar-refractivity contribution in [3.63, 3.8) is 0 Å². The van der Waals surface area contributed by atoms with Gasteiger partial charge in [0.25, 0.3) is 0 Å². The molecule has 1 N–H and O–H groups in total. The highest BCUT2D eigenvalue weighted by Crippen LogP contribution is 2.16. The lowest BCUT2D eigenvalue weighted by Gasteiger charge is -2.10. The molecule has 0 saturated carbocycles. The first-order valence-corrected chi connectivity index (χ1v) is 6.63. The van der Waals surface area contributed by atoms with Crippen LogP contribution in [0.25, 0.3) is 0 Å². The van der Waals surface area contributed by atoms with E-state index in [0.717, 1.165) is 19.4 Å². The van der Waals surface area contributed by atoms with Crippen LogP contribution < -0.4 is 5.32 Å². The van der Waals surface area contributed by atoms with Gasteiger partial charge in [-0.15, -0.1) is 0 Å². The van der Waals surface area contributed by atoms with E-state index in [2.05, 4.69) is 10.4 Å². The van der Waals surface area contributed by atoms with Crippen molar-refractivity contribution in [2.24, 2.45) is 0 Å². The number of carbonyl (C=O) groups excluding carboxylic acids is 1. The quantitative estimate of drug-likeness (QED) is 0.614. The number of carbonyl (C=O) groups is 1. The molecule has 2 heterocycles. The number of aromatic nitrogens is 2. The maximum atomic E-state index is 11.7. The topological polar surface area (TPSA) is 99.3 Å². The maximum Gasteiger partial charge on any atom is 0.309 e. The Balaban J connectivity index is 1.76. The van der Waals surface area contributed by atoms with Crippen LogP contribution in [0.3, 0.4) is 0 Å². The van der Waals surface area contributed by atoms with Crippen LogP contribution in [0.5, 0.6) is 0 Å². The Morgan fingerprint density at radius 2 is 2.50 bits per heavy atom. The van der Waals surface area contributed by atoms with Crippen molar-refractivity contribution in [3.05, 3.63) is 22.0 Å². The van der Waals surface area contributed by atoms with Gasteiger partial charge in [-0.25, -0.2) is 0 Å². The molecule has 0 spiro atoms.